The van der Waals surface area contributed by atoms with E-state index in [-0.39, 0.29) is 36.2 Å². The van der Waals surface area contributed by atoms with Crippen molar-refractivity contribution in [2.24, 2.45) is 0 Å². The minimum absolute atomic E-state index is 0.0215. The summed E-state index contributed by atoms with van der Waals surface area (Å²) in [6, 6.07) is 4.70. The van der Waals surface area contributed by atoms with Gasteiger partial charge >= 0.3 is 5.97 Å². The molecule has 0 fully saturated rings. The van der Waals surface area contributed by atoms with Gasteiger partial charge in [0, 0.05) is 11.8 Å². The number of methoxy groups -OCH3 is 1. The summed E-state index contributed by atoms with van der Waals surface area (Å²) in [6.07, 6.45) is 1.15. The first-order valence-electron chi connectivity index (χ1n) is 8.77. The van der Waals surface area contributed by atoms with Crippen molar-refractivity contribution in [1.29, 1.82) is 0 Å². The van der Waals surface area contributed by atoms with Gasteiger partial charge in [0.05, 0.1) is 30.8 Å². The molecule has 30 heavy (non-hydrogen) atoms. The summed E-state index contributed by atoms with van der Waals surface area (Å²) < 4.78 is 15.3. The van der Waals surface area contributed by atoms with E-state index in [1.807, 2.05) is 0 Å². The molecule has 0 saturated carbocycles. The number of hydrogen-bond donors (Lipinski definition) is 2. The number of β-amino-alcohol motifs (C(OH)–C–C–N with tert-alkyl or cyclic N) is 1. The predicted octanol–water partition coefficient (Wildman–Crippen LogP) is 1.66. The number of aliphatic hydroxyl groups is 1. The normalized spacial score (nSPS) is 13.5. The molecule has 1 aliphatic rings. The highest BCUT2D eigenvalue weighted by Gasteiger charge is 2.30. The molecule has 0 atom stereocenters. The lowest BCUT2D eigenvalue weighted by molar-refractivity contribution is -0.137. The molecule has 0 radical (unpaired) electrons. The summed E-state index contributed by atoms with van der Waals surface area (Å²) in [7, 11) is 1.24. The number of imide groups is 1. The molecule has 0 unspecified atom stereocenters. The minimum Gasteiger partial charge on any atom is -0.487 e. The second-order valence-electron chi connectivity index (χ2n) is 6.19. The van der Waals surface area contributed by atoms with Crippen LogP contribution in [0.4, 0.5) is 5.69 Å². The highest BCUT2D eigenvalue weighted by atomic mass is 35.5. The molecule has 0 spiro atoms. The highest BCUT2D eigenvalue weighted by molar-refractivity contribution is 6.32. The number of ether oxygens (including phenoxy) is 2. The molecule has 1 aromatic carbocycles. The maximum Gasteiger partial charge on any atom is 0.360 e. The topological polar surface area (TPSA) is 131 Å². The number of nitrogens with zero attached hydrogens (tertiary/aromatic N) is 2. The zero-order valence-electron chi connectivity index (χ0n) is 16.1. The van der Waals surface area contributed by atoms with Crippen LogP contribution in [0.2, 0.25) is 5.02 Å². The van der Waals surface area contributed by atoms with Crippen LogP contribution in [-0.4, -0.2) is 53.2 Å². The van der Waals surface area contributed by atoms with E-state index < -0.39 is 17.8 Å². The molecule has 1 aliphatic heterocycles. The number of amides is 2. The van der Waals surface area contributed by atoms with Crippen LogP contribution in [0.1, 0.15) is 21.8 Å². The van der Waals surface area contributed by atoms with Crippen LogP contribution in [0.5, 0.6) is 5.75 Å². The van der Waals surface area contributed by atoms with Gasteiger partial charge in [0.25, 0.3) is 11.8 Å². The summed E-state index contributed by atoms with van der Waals surface area (Å²) >= 11 is 6.26. The number of aliphatic hydroxyl groups excluding tert-OH is 1. The number of nitrogens with one attached hydrogen (secondary N) is 1. The molecule has 3 rings (SSSR count). The molecule has 1 aromatic heterocycles. The highest BCUT2D eigenvalue weighted by Crippen LogP contribution is 2.30. The Kier molecular flexibility index (Phi) is 6.38. The number of carbonyl (C=O) groups excluding carboxylic acids is 3. The maximum absolute atomic E-state index is 12.2. The van der Waals surface area contributed by atoms with Gasteiger partial charge in [-0.25, -0.2) is 4.79 Å². The molecular formula is C19H18ClN3O7. The summed E-state index contributed by atoms with van der Waals surface area (Å²) in [6.45, 7) is 1.21. The Morgan fingerprint density at radius 3 is 2.80 bits per heavy atom. The zero-order valence-corrected chi connectivity index (χ0v) is 16.9. The number of aryl methyl sites for hydroxylation is 1. The molecule has 2 amide bonds. The van der Waals surface area contributed by atoms with Crippen molar-refractivity contribution >= 4 is 35.1 Å². The molecule has 0 bridgehead atoms. The molecular weight excluding hydrogens is 418 g/mol. The van der Waals surface area contributed by atoms with Crippen molar-refractivity contribution in [2.75, 3.05) is 25.6 Å². The quantitative estimate of drug-likeness (QED) is 0.469. The van der Waals surface area contributed by atoms with Crippen molar-refractivity contribution in [3.05, 3.63) is 52.0 Å². The summed E-state index contributed by atoms with van der Waals surface area (Å²) in [4.78, 5) is 36.7. The van der Waals surface area contributed by atoms with Crippen LogP contribution in [0.25, 0.3) is 0 Å². The molecule has 10 nitrogen and oxygen atoms in total. The third-order valence-corrected chi connectivity index (χ3v) is 4.57. The molecule has 158 valence electrons. The van der Waals surface area contributed by atoms with Crippen LogP contribution in [0.3, 0.4) is 0 Å². The predicted molar refractivity (Wildman–Crippen MR) is 104 cm³/mol. The average molecular weight is 436 g/mol. The first-order valence-corrected chi connectivity index (χ1v) is 9.14. The van der Waals surface area contributed by atoms with Gasteiger partial charge in [-0.3, -0.25) is 14.5 Å². The third kappa shape index (κ3) is 4.29. The molecule has 0 aliphatic carbocycles. The number of rotatable bonds is 8. The van der Waals surface area contributed by atoms with E-state index in [4.69, 9.17) is 26.0 Å². The summed E-state index contributed by atoms with van der Waals surface area (Å²) in [5, 5.41) is 15.7. The van der Waals surface area contributed by atoms with Gasteiger partial charge in [0.1, 0.15) is 23.8 Å². The van der Waals surface area contributed by atoms with Crippen LogP contribution in [-0.2, 0) is 20.9 Å². The molecule has 2 aromatic rings. The Bertz CT molecular complexity index is 1030. The number of aromatic nitrogens is 1. The Hall–Kier alpha value is -3.37. The van der Waals surface area contributed by atoms with Crippen molar-refractivity contribution < 1.29 is 33.5 Å². The van der Waals surface area contributed by atoms with Gasteiger partial charge in [0.15, 0.2) is 5.69 Å². The smallest absolute Gasteiger partial charge is 0.360 e. The first kappa shape index (κ1) is 21.3. The van der Waals surface area contributed by atoms with Crippen LogP contribution in [0, 0.1) is 6.92 Å². The van der Waals surface area contributed by atoms with Crippen LogP contribution >= 0.6 is 11.6 Å². The average Bonchev–Trinajstić information content (AvgIpc) is 3.21. The van der Waals surface area contributed by atoms with E-state index >= 15 is 0 Å². The lowest BCUT2D eigenvalue weighted by Crippen LogP contribution is -2.34. The molecule has 0 saturated heterocycles. The Morgan fingerprint density at radius 2 is 2.13 bits per heavy atom. The number of anilines is 1. The summed E-state index contributed by atoms with van der Waals surface area (Å²) in [5.74, 6) is -0.954. The molecule has 2 heterocycles. The fourth-order valence-corrected chi connectivity index (χ4v) is 2.96. The third-order valence-electron chi connectivity index (χ3n) is 4.28. The van der Waals surface area contributed by atoms with Gasteiger partial charge in [-0.2, -0.15) is 0 Å². The van der Waals surface area contributed by atoms with Gasteiger partial charge in [0.2, 0.25) is 0 Å². The Morgan fingerprint density at radius 1 is 1.37 bits per heavy atom. The van der Waals surface area contributed by atoms with Crippen LogP contribution in [0.15, 0.2) is 34.5 Å². The number of carbonyl (C=O) groups is 3. The Labute approximate surface area is 176 Å². The lowest BCUT2D eigenvalue weighted by atomic mass is 10.2. The van der Waals surface area contributed by atoms with E-state index in [2.05, 4.69) is 15.2 Å². The Balaban J connectivity index is 1.69. The lowest BCUT2D eigenvalue weighted by Gasteiger charge is -2.14. The fourth-order valence-electron chi connectivity index (χ4n) is 2.73. The fraction of sp³-hybridized carbons (Fsp3) is 0.263. The van der Waals surface area contributed by atoms with Gasteiger partial charge in [-0.1, -0.05) is 16.8 Å². The minimum atomic E-state index is -0.643. The van der Waals surface area contributed by atoms with Gasteiger partial charge in [-0.05, 0) is 25.1 Å². The maximum atomic E-state index is 12.2. The zero-order chi connectivity index (χ0) is 21.8. The second kappa shape index (κ2) is 8.97. The number of hydrogen-bond acceptors (Lipinski definition) is 9. The van der Waals surface area contributed by atoms with Gasteiger partial charge in [-0.15, -0.1) is 0 Å². The van der Waals surface area contributed by atoms with E-state index in [9.17, 15) is 14.4 Å². The van der Waals surface area contributed by atoms with Crippen molar-refractivity contribution in [3.8, 4) is 5.75 Å². The number of halogens is 1. The number of esters is 1. The van der Waals surface area contributed by atoms with Crippen molar-refractivity contribution in [3.63, 3.8) is 0 Å². The van der Waals surface area contributed by atoms with E-state index in [0.717, 1.165) is 11.0 Å². The van der Waals surface area contributed by atoms with Crippen molar-refractivity contribution in [1.82, 2.24) is 10.1 Å². The SMILES string of the molecule is COC(=O)c1noc(C)c1COc1ccc(NC2=CC(=O)N(CCO)C2=O)cc1Cl. The van der Waals surface area contributed by atoms with Gasteiger partial charge < -0.3 is 24.4 Å². The second-order valence-corrected chi connectivity index (χ2v) is 6.60. The molecule has 2 N–H and O–H groups in total. The van der Waals surface area contributed by atoms with E-state index in [1.165, 1.54) is 13.2 Å². The van der Waals surface area contributed by atoms with E-state index in [1.54, 1.807) is 19.1 Å². The standard InChI is InChI=1S/C19H18ClN3O7/c1-10-12(17(22-30-10)19(27)28-2)9-29-15-4-3-11(7-13(15)20)21-14-8-16(25)23(5-6-24)18(14)26/h3-4,7-8,21,24H,5-6,9H2,1-2H3. The molecule has 11 heteroatoms. The van der Waals surface area contributed by atoms with Crippen LogP contribution < -0.4 is 10.1 Å². The summed E-state index contributed by atoms with van der Waals surface area (Å²) in [5.41, 5.74) is 0.987. The number of benzene rings is 1. The largest absolute Gasteiger partial charge is 0.487 e. The van der Waals surface area contributed by atoms with Crippen molar-refractivity contribution in [2.45, 2.75) is 13.5 Å². The monoisotopic (exact) mass is 435 g/mol. The van der Waals surface area contributed by atoms with E-state index in [0.29, 0.717) is 22.8 Å². The first-order chi connectivity index (χ1) is 14.3.